The normalized spacial score (nSPS) is 17.8. The van der Waals surface area contributed by atoms with Gasteiger partial charge in [-0.1, -0.05) is 56.2 Å². The molecule has 0 radical (unpaired) electrons. The second-order valence-corrected chi connectivity index (χ2v) is 6.57. The van der Waals surface area contributed by atoms with Crippen LogP contribution in [0.1, 0.15) is 26.2 Å². The van der Waals surface area contributed by atoms with Crippen molar-refractivity contribution in [2.45, 2.75) is 32.2 Å². The van der Waals surface area contributed by atoms with Gasteiger partial charge in [0.05, 0.1) is 5.69 Å². The summed E-state index contributed by atoms with van der Waals surface area (Å²) in [7, 11) is 1.81. The van der Waals surface area contributed by atoms with Gasteiger partial charge >= 0.3 is 6.03 Å². The second-order valence-electron chi connectivity index (χ2n) is 6.57. The lowest BCUT2D eigenvalue weighted by atomic mass is 10.0. The first-order valence-corrected chi connectivity index (χ1v) is 8.92. The molecule has 2 aromatic rings. The fourth-order valence-electron chi connectivity index (χ4n) is 3.35. The molecule has 0 aliphatic carbocycles. The summed E-state index contributed by atoms with van der Waals surface area (Å²) in [5.41, 5.74) is 0.781. The Kier molecular flexibility index (Phi) is 5.22. The van der Waals surface area contributed by atoms with Crippen molar-refractivity contribution in [1.82, 2.24) is 9.80 Å². The van der Waals surface area contributed by atoms with Crippen LogP contribution in [0.2, 0.25) is 0 Å². The van der Waals surface area contributed by atoms with Crippen LogP contribution in [0.5, 0.6) is 0 Å². The molecule has 25 heavy (non-hydrogen) atoms. The van der Waals surface area contributed by atoms with E-state index in [1.165, 1.54) is 0 Å². The average molecular weight is 339 g/mol. The van der Waals surface area contributed by atoms with Crippen molar-refractivity contribution in [2.24, 2.45) is 0 Å². The number of rotatable bonds is 4. The summed E-state index contributed by atoms with van der Waals surface area (Å²) < 4.78 is 0. The number of anilines is 1. The lowest BCUT2D eigenvalue weighted by molar-refractivity contribution is -0.138. The number of carbonyl (C=O) groups is 2. The quantitative estimate of drug-likeness (QED) is 0.923. The summed E-state index contributed by atoms with van der Waals surface area (Å²) in [6.07, 6.45) is 2.65. The molecule has 2 aromatic carbocycles. The van der Waals surface area contributed by atoms with E-state index in [0.29, 0.717) is 19.5 Å². The zero-order valence-electron chi connectivity index (χ0n) is 14.9. The lowest BCUT2D eigenvalue weighted by Crippen LogP contribution is -2.58. The van der Waals surface area contributed by atoms with Crippen molar-refractivity contribution >= 4 is 28.4 Å². The number of likely N-dealkylation sites (N-methyl/N-ethyl adjacent to an activating group) is 1. The maximum Gasteiger partial charge on any atom is 0.322 e. The number of hydrogen-bond donors (Lipinski definition) is 1. The zero-order valence-corrected chi connectivity index (χ0v) is 14.9. The van der Waals surface area contributed by atoms with Gasteiger partial charge in [0.2, 0.25) is 5.91 Å². The van der Waals surface area contributed by atoms with Crippen LogP contribution in [-0.4, -0.2) is 47.9 Å². The number of nitrogens with zero attached hydrogens (tertiary/aromatic N) is 2. The molecule has 3 rings (SSSR count). The highest BCUT2D eigenvalue weighted by molar-refractivity contribution is 6.02. The summed E-state index contributed by atoms with van der Waals surface area (Å²) in [5, 5.41) is 5.10. The van der Waals surface area contributed by atoms with Crippen molar-refractivity contribution in [3.63, 3.8) is 0 Å². The fraction of sp³-hybridized carbons (Fsp3) is 0.400. The number of amides is 3. The highest BCUT2D eigenvalue weighted by Crippen LogP contribution is 2.24. The van der Waals surface area contributed by atoms with Crippen LogP contribution in [0.4, 0.5) is 10.5 Å². The highest BCUT2D eigenvalue weighted by atomic mass is 16.2. The van der Waals surface area contributed by atoms with Gasteiger partial charge in [-0.2, -0.15) is 0 Å². The fourth-order valence-corrected chi connectivity index (χ4v) is 3.35. The monoisotopic (exact) mass is 339 g/mol. The summed E-state index contributed by atoms with van der Waals surface area (Å²) in [6, 6.07) is 13.3. The number of nitrogens with one attached hydrogen (secondary N) is 1. The molecule has 1 unspecified atom stereocenters. The Morgan fingerprint density at radius 2 is 1.92 bits per heavy atom. The van der Waals surface area contributed by atoms with E-state index in [1.54, 1.807) is 16.8 Å². The van der Waals surface area contributed by atoms with Gasteiger partial charge in [-0.15, -0.1) is 0 Å². The third kappa shape index (κ3) is 3.60. The maximum atomic E-state index is 12.9. The van der Waals surface area contributed by atoms with Gasteiger partial charge in [-0.3, -0.25) is 4.79 Å². The molecular formula is C20H25N3O2. The molecule has 1 aliphatic rings. The predicted octanol–water partition coefficient (Wildman–Crippen LogP) is 3.70. The number of piperazine rings is 1. The van der Waals surface area contributed by atoms with Crippen LogP contribution < -0.4 is 5.32 Å². The summed E-state index contributed by atoms with van der Waals surface area (Å²) in [5.74, 6) is 0.0350. The number of benzene rings is 2. The average Bonchev–Trinajstić information content (AvgIpc) is 2.63. The molecule has 1 aliphatic heterocycles. The number of hydrogen-bond acceptors (Lipinski definition) is 2. The zero-order chi connectivity index (χ0) is 17.8. The molecule has 1 heterocycles. The van der Waals surface area contributed by atoms with Gasteiger partial charge in [0.1, 0.15) is 6.04 Å². The molecule has 1 atom stereocenters. The minimum Gasteiger partial charge on any atom is -0.342 e. The SMILES string of the molecule is CCCCC1C(=O)N(C)CCN1C(=O)Nc1cccc2ccccc12. The van der Waals surface area contributed by atoms with Crippen LogP contribution in [0.25, 0.3) is 10.8 Å². The number of urea groups is 1. The molecule has 1 N–H and O–H groups in total. The molecule has 1 saturated heterocycles. The smallest absolute Gasteiger partial charge is 0.322 e. The van der Waals surface area contributed by atoms with Crippen molar-refractivity contribution in [2.75, 3.05) is 25.5 Å². The minimum atomic E-state index is -0.367. The van der Waals surface area contributed by atoms with Crippen molar-refractivity contribution in [3.8, 4) is 0 Å². The van der Waals surface area contributed by atoms with E-state index in [4.69, 9.17) is 0 Å². The summed E-state index contributed by atoms with van der Waals surface area (Å²) >= 11 is 0. The Hall–Kier alpha value is -2.56. The van der Waals surface area contributed by atoms with Gasteiger partial charge in [0.15, 0.2) is 0 Å². The van der Waals surface area contributed by atoms with Crippen molar-refractivity contribution in [3.05, 3.63) is 42.5 Å². The van der Waals surface area contributed by atoms with E-state index < -0.39 is 0 Å². The number of carbonyl (C=O) groups excluding carboxylic acids is 2. The van der Waals surface area contributed by atoms with E-state index in [9.17, 15) is 9.59 Å². The van der Waals surface area contributed by atoms with Gasteiger partial charge in [-0.05, 0) is 17.9 Å². The van der Waals surface area contributed by atoms with Crippen LogP contribution in [-0.2, 0) is 4.79 Å². The Balaban J connectivity index is 1.82. The molecule has 3 amide bonds. The number of fused-ring (bicyclic) bond motifs is 1. The van der Waals surface area contributed by atoms with Crippen LogP contribution in [0.3, 0.4) is 0 Å². The molecule has 0 saturated carbocycles. The predicted molar refractivity (Wildman–Crippen MR) is 101 cm³/mol. The van der Waals surface area contributed by atoms with Gasteiger partial charge in [0.25, 0.3) is 0 Å². The molecule has 0 aromatic heterocycles. The van der Waals surface area contributed by atoms with Gasteiger partial charge < -0.3 is 15.1 Å². The van der Waals surface area contributed by atoms with Crippen molar-refractivity contribution in [1.29, 1.82) is 0 Å². The first-order chi connectivity index (χ1) is 12.1. The molecule has 0 spiro atoms. The third-order valence-electron chi connectivity index (χ3n) is 4.84. The lowest BCUT2D eigenvalue weighted by Gasteiger charge is -2.39. The molecule has 1 fully saturated rings. The topological polar surface area (TPSA) is 52.7 Å². The Bertz CT molecular complexity index is 769. The molecule has 5 heteroatoms. The maximum absolute atomic E-state index is 12.9. The molecule has 0 bridgehead atoms. The molecule has 5 nitrogen and oxygen atoms in total. The van der Waals surface area contributed by atoms with E-state index in [-0.39, 0.29) is 18.0 Å². The number of unbranched alkanes of at least 4 members (excludes halogenated alkanes) is 1. The van der Waals surface area contributed by atoms with E-state index in [1.807, 2.05) is 42.5 Å². The van der Waals surface area contributed by atoms with Gasteiger partial charge in [0, 0.05) is 25.5 Å². The highest BCUT2D eigenvalue weighted by Gasteiger charge is 2.35. The summed E-state index contributed by atoms with van der Waals surface area (Å²) in [6.45, 7) is 3.23. The van der Waals surface area contributed by atoms with E-state index in [0.717, 1.165) is 29.3 Å². The minimum absolute atomic E-state index is 0.0350. The Morgan fingerprint density at radius 3 is 2.72 bits per heavy atom. The Morgan fingerprint density at radius 1 is 1.16 bits per heavy atom. The van der Waals surface area contributed by atoms with Crippen LogP contribution >= 0.6 is 0 Å². The summed E-state index contributed by atoms with van der Waals surface area (Å²) in [4.78, 5) is 28.8. The van der Waals surface area contributed by atoms with Gasteiger partial charge in [-0.25, -0.2) is 4.79 Å². The van der Waals surface area contributed by atoms with Crippen molar-refractivity contribution < 1.29 is 9.59 Å². The largest absolute Gasteiger partial charge is 0.342 e. The second kappa shape index (κ2) is 7.55. The molecule has 132 valence electrons. The van der Waals surface area contributed by atoms with Crippen LogP contribution in [0, 0.1) is 0 Å². The third-order valence-corrected chi connectivity index (χ3v) is 4.84. The first kappa shape index (κ1) is 17.3. The standard InChI is InChI=1S/C20H25N3O2/c1-3-4-12-18-19(24)22(2)13-14-23(18)20(25)21-17-11-7-9-15-8-5-6-10-16(15)17/h5-11,18H,3-4,12-14H2,1-2H3,(H,21,25). The van der Waals surface area contributed by atoms with Crippen LogP contribution in [0.15, 0.2) is 42.5 Å². The van der Waals surface area contributed by atoms with E-state index >= 15 is 0 Å². The molecular weight excluding hydrogens is 314 g/mol. The Labute approximate surface area is 148 Å². The van der Waals surface area contributed by atoms with E-state index in [2.05, 4.69) is 12.2 Å². The first-order valence-electron chi connectivity index (χ1n) is 8.92.